The zero-order valence-electron chi connectivity index (χ0n) is 13.7. The van der Waals surface area contributed by atoms with E-state index in [0.717, 1.165) is 11.1 Å². The molecule has 2 aromatic rings. The van der Waals surface area contributed by atoms with Gasteiger partial charge in [-0.25, -0.2) is 0 Å². The van der Waals surface area contributed by atoms with Crippen molar-refractivity contribution in [2.45, 2.75) is 27.4 Å². The molecular weight excluding hydrogens is 316 g/mol. The number of rotatable bonds is 6. The Morgan fingerprint density at radius 2 is 1.88 bits per heavy atom. The van der Waals surface area contributed by atoms with E-state index in [4.69, 9.17) is 4.74 Å². The average molecular weight is 335 g/mol. The van der Waals surface area contributed by atoms with E-state index >= 15 is 0 Å². The van der Waals surface area contributed by atoms with Gasteiger partial charge < -0.3 is 14.8 Å². The molecule has 0 saturated heterocycles. The van der Waals surface area contributed by atoms with Crippen molar-refractivity contribution in [1.82, 2.24) is 0 Å². The molecule has 0 radical (unpaired) electrons. The lowest BCUT2D eigenvalue weighted by Gasteiger charge is -2.13. The molecule has 2 rings (SSSR count). The Morgan fingerprint density at radius 3 is 2.50 bits per heavy atom. The van der Waals surface area contributed by atoms with Crippen LogP contribution in [0.1, 0.15) is 28.4 Å². The van der Waals surface area contributed by atoms with Crippen LogP contribution in [0.25, 0.3) is 0 Å². The number of amides is 1. The third-order valence-electron chi connectivity index (χ3n) is 3.35. The summed E-state index contributed by atoms with van der Waals surface area (Å²) in [5, 5.41) is 2.80. The van der Waals surface area contributed by atoms with Gasteiger partial charge in [0, 0.05) is 11.3 Å². The highest BCUT2D eigenvalue weighted by Crippen LogP contribution is 2.30. The number of ether oxygens (including phenoxy) is 2. The minimum absolute atomic E-state index is 0.102. The van der Waals surface area contributed by atoms with Crippen molar-refractivity contribution in [3.05, 3.63) is 53.1 Å². The summed E-state index contributed by atoms with van der Waals surface area (Å²) >= 11 is 0. The largest absolute Gasteiger partial charge is 0.490 e. The molecular formula is C18H19F2NO3. The van der Waals surface area contributed by atoms with Crippen LogP contribution in [0.15, 0.2) is 36.4 Å². The first kappa shape index (κ1) is 17.7. The van der Waals surface area contributed by atoms with Crippen LogP contribution in [0.5, 0.6) is 11.5 Å². The predicted octanol–water partition coefficient (Wildman–Crippen LogP) is 4.56. The summed E-state index contributed by atoms with van der Waals surface area (Å²) in [6.07, 6.45) is 0. The van der Waals surface area contributed by atoms with E-state index in [1.54, 1.807) is 6.92 Å². The van der Waals surface area contributed by atoms with E-state index in [0.29, 0.717) is 11.3 Å². The first-order valence-corrected chi connectivity index (χ1v) is 7.51. The number of aryl methyl sites for hydroxylation is 2. The lowest BCUT2D eigenvalue weighted by molar-refractivity contribution is -0.0514. The number of nitrogens with one attached hydrogen (secondary N) is 1. The van der Waals surface area contributed by atoms with E-state index in [1.807, 2.05) is 32.0 Å². The molecule has 128 valence electrons. The van der Waals surface area contributed by atoms with Crippen molar-refractivity contribution in [3.63, 3.8) is 0 Å². The van der Waals surface area contributed by atoms with Gasteiger partial charge in [0.05, 0.1) is 6.61 Å². The zero-order chi connectivity index (χ0) is 17.7. The quantitative estimate of drug-likeness (QED) is 0.842. The number of carbonyl (C=O) groups excluding carboxylic acids is 1. The van der Waals surface area contributed by atoms with Crippen molar-refractivity contribution in [3.8, 4) is 11.5 Å². The van der Waals surface area contributed by atoms with Crippen LogP contribution in [-0.2, 0) is 0 Å². The number of benzene rings is 2. The van der Waals surface area contributed by atoms with Crippen molar-refractivity contribution < 1.29 is 23.0 Å². The minimum Gasteiger partial charge on any atom is -0.490 e. The van der Waals surface area contributed by atoms with Crippen molar-refractivity contribution >= 4 is 11.6 Å². The van der Waals surface area contributed by atoms with Gasteiger partial charge in [0.15, 0.2) is 11.5 Å². The number of hydrogen-bond acceptors (Lipinski definition) is 3. The van der Waals surface area contributed by atoms with Crippen molar-refractivity contribution in [2.24, 2.45) is 0 Å². The fraction of sp³-hybridized carbons (Fsp3) is 0.278. The van der Waals surface area contributed by atoms with Gasteiger partial charge in [-0.1, -0.05) is 17.7 Å². The number of hydrogen-bond donors (Lipinski definition) is 1. The molecule has 4 nitrogen and oxygen atoms in total. The molecule has 6 heteroatoms. The highest BCUT2D eigenvalue weighted by Gasteiger charge is 2.15. The van der Waals surface area contributed by atoms with E-state index in [9.17, 15) is 13.6 Å². The molecule has 24 heavy (non-hydrogen) atoms. The Balaban J connectivity index is 2.23. The number of carbonyl (C=O) groups is 1. The molecule has 0 atom stereocenters. The lowest BCUT2D eigenvalue weighted by Crippen LogP contribution is -2.13. The first-order chi connectivity index (χ1) is 11.4. The average Bonchev–Trinajstić information content (AvgIpc) is 2.51. The molecule has 0 saturated carbocycles. The number of alkyl halides is 2. The Bertz CT molecular complexity index is 732. The summed E-state index contributed by atoms with van der Waals surface area (Å²) in [6, 6.07) is 9.78. The van der Waals surface area contributed by atoms with Crippen LogP contribution in [-0.4, -0.2) is 19.1 Å². The maximum atomic E-state index is 12.4. The molecule has 0 aromatic heterocycles. The van der Waals surface area contributed by atoms with Crippen LogP contribution < -0.4 is 14.8 Å². The van der Waals surface area contributed by atoms with Crippen LogP contribution in [0.4, 0.5) is 14.5 Å². The summed E-state index contributed by atoms with van der Waals surface area (Å²) in [6.45, 7) is 2.89. The van der Waals surface area contributed by atoms with Crippen LogP contribution >= 0.6 is 0 Å². The molecule has 0 heterocycles. The zero-order valence-corrected chi connectivity index (χ0v) is 13.7. The van der Waals surface area contributed by atoms with E-state index in [2.05, 4.69) is 10.1 Å². The number of halogens is 2. The lowest BCUT2D eigenvalue weighted by atomic mass is 10.1. The first-order valence-electron chi connectivity index (χ1n) is 7.51. The summed E-state index contributed by atoms with van der Waals surface area (Å²) in [7, 11) is 0. The normalized spacial score (nSPS) is 10.6. The third kappa shape index (κ3) is 4.44. The molecule has 2 aromatic carbocycles. The smallest absolute Gasteiger partial charge is 0.387 e. The minimum atomic E-state index is -2.96. The van der Waals surface area contributed by atoms with Gasteiger partial charge in [0.25, 0.3) is 5.91 Å². The monoisotopic (exact) mass is 335 g/mol. The Morgan fingerprint density at radius 1 is 1.12 bits per heavy atom. The topological polar surface area (TPSA) is 47.6 Å². The Kier molecular flexibility index (Phi) is 5.73. The molecule has 0 spiro atoms. The van der Waals surface area contributed by atoms with Gasteiger partial charge in [0.1, 0.15) is 0 Å². The SMILES string of the molecule is CCOc1cc(C(=O)Nc2ccc(C)cc2C)ccc1OC(F)F. The van der Waals surface area contributed by atoms with E-state index in [-0.39, 0.29) is 24.0 Å². The molecule has 0 aliphatic carbocycles. The Labute approximate surface area is 139 Å². The van der Waals surface area contributed by atoms with Gasteiger partial charge >= 0.3 is 6.61 Å². The van der Waals surface area contributed by atoms with Crippen molar-refractivity contribution in [1.29, 1.82) is 0 Å². The van der Waals surface area contributed by atoms with Crippen LogP contribution in [0.2, 0.25) is 0 Å². The molecule has 0 bridgehead atoms. The predicted molar refractivity (Wildman–Crippen MR) is 88.1 cm³/mol. The van der Waals surface area contributed by atoms with Crippen molar-refractivity contribution in [2.75, 3.05) is 11.9 Å². The molecule has 0 aliphatic heterocycles. The molecule has 1 amide bonds. The van der Waals surface area contributed by atoms with E-state index < -0.39 is 6.61 Å². The summed E-state index contributed by atoms with van der Waals surface area (Å²) in [5.41, 5.74) is 3.01. The van der Waals surface area contributed by atoms with Crippen LogP contribution in [0.3, 0.4) is 0 Å². The Hall–Kier alpha value is -2.63. The fourth-order valence-corrected chi connectivity index (χ4v) is 2.26. The highest BCUT2D eigenvalue weighted by atomic mass is 19.3. The van der Waals surface area contributed by atoms with Gasteiger partial charge in [-0.15, -0.1) is 0 Å². The fourth-order valence-electron chi connectivity index (χ4n) is 2.26. The summed E-state index contributed by atoms with van der Waals surface area (Å²) in [5.74, 6) is -0.354. The second kappa shape index (κ2) is 7.77. The van der Waals surface area contributed by atoms with Gasteiger partial charge in [-0.05, 0) is 50.6 Å². The number of anilines is 1. The molecule has 1 N–H and O–H groups in total. The van der Waals surface area contributed by atoms with Gasteiger partial charge in [-0.3, -0.25) is 4.79 Å². The third-order valence-corrected chi connectivity index (χ3v) is 3.35. The second-order valence-electron chi connectivity index (χ2n) is 5.25. The molecule has 0 unspecified atom stereocenters. The summed E-state index contributed by atoms with van der Waals surface area (Å²) < 4.78 is 34.5. The van der Waals surface area contributed by atoms with Gasteiger partial charge in [-0.2, -0.15) is 8.78 Å². The maximum Gasteiger partial charge on any atom is 0.387 e. The summed E-state index contributed by atoms with van der Waals surface area (Å²) in [4.78, 5) is 12.4. The highest BCUT2D eigenvalue weighted by molar-refractivity contribution is 6.05. The van der Waals surface area contributed by atoms with Gasteiger partial charge in [0.2, 0.25) is 0 Å². The van der Waals surface area contributed by atoms with E-state index in [1.165, 1.54) is 18.2 Å². The molecule has 0 aliphatic rings. The molecule has 0 fully saturated rings. The standard InChI is InChI=1S/C18H19F2NO3/c1-4-23-16-10-13(6-8-15(16)24-18(19)20)17(22)21-14-7-5-11(2)9-12(14)3/h5-10,18H,4H2,1-3H3,(H,21,22). The maximum absolute atomic E-state index is 12.4. The van der Waals surface area contributed by atoms with Crippen LogP contribution in [0, 0.1) is 13.8 Å². The second-order valence-corrected chi connectivity index (χ2v) is 5.25.